The van der Waals surface area contributed by atoms with Gasteiger partial charge < -0.3 is 36.8 Å². The molecule has 2 saturated carbocycles. The summed E-state index contributed by atoms with van der Waals surface area (Å²) in [6, 6.07) is -3.96. The number of hydrogen-bond donors (Lipinski definition) is 5. The molecule has 11 heteroatoms. The summed E-state index contributed by atoms with van der Waals surface area (Å²) in [7, 11) is 0. The molecule has 172 valence electrons. The van der Waals surface area contributed by atoms with E-state index >= 15 is 0 Å². The second kappa shape index (κ2) is 7.72. The summed E-state index contributed by atoms with van der Waals surface area (Å²) < 4.78 is 0. The van der Waals surface area contributed by atoms with E-state index in [1.54, 1.807) is 4.90 Å². The Kier molecular flexibility index (Phi) is 5.47. The van der Waals surface area contributed by atoms with E-state index in [0.717, 1.165) is 12.8 Å². The Hall–Kier alpha value is -2.24. The molecule has 2 aliphatic heterocycles. The van der Waals surface area contributed by atoms with Gasteiger partial charge in [0.05, 0.1) is 12.2 Å². The lowest BCUT2D eigenvalue weighted by Gasteiger charge is -2.35. The first-order valence-corrected chi connectivity index (χ1v) is 10.9. The molecule has 4 aliphatic rings. The predicted molar refractivity (Wildman–Crippen MR) is 107 cm³/mol. The number of nitrogens with zero attached hydrogens (tertiary/aromatic N) is 2. The molecule has 0 spiro atoms. The normalized spacial score (nSPS) is 36.7. The van der Waals surface area contributed by atoms with Crippen molar-refractivity contribution in [2.24, 2.45) is 23.3 Å². The summed E-state index contributed by atoms with van der Waals surface area (Å²) >= 11 is 0. The maximum absolute atomic E-state index is 13.5. The number of hydrogen-bond acceptors (Lipinski definition) is 7. The van der Waals surface area contributed by atoms with Crippen LogP contribution in [0.25, 0.3) is 0 Å². The summed E-state index contributed by atoms with van der Waals surface area (Å²) in [5, 5.41) is 22.0. The smallest absolute Gasteiger partial charge is 0.246 e. The van der Waals surface area contributed by atoms with E-state index in [1.165, 1.54) is 18.7 Å². The fourth-order valence-corrected chi connectivity index (χ4v) is 5.23. The molecule has 0 aromatic heterocycles. The standard InChI is InChI=1S/C20H31N5O6/c1-7(26)15(21)20(31)25-12-4-10(12)6-14(25)19(30)24-11-3-9(11)5-13(24)18(29)23-16(8(2)27)17(22)28/h7-16,26-27H,3-6,21H2,1-2H3,(H2,22,28)(H,23,29)/t7-,8-,9+,10+,11+,12+,13+,14+,15+,16+/m1/s1. The lowest BCUT2D eigenvalue weighted by Crippen LogP contribution is -2.60. The summed E-state index contributed by atoms with van der Waals surface area (Å²) in [6.07, 6.45) is 0.387. The quantitative estimate of drug-likeness (QED) is 0.282. The van der Waals surface area contributed by atoms with Crippen molar-refractivity contribution in [3.8, 4) is 0 Å². The minimum atomic E-state index is -1.25. The largest absolute Gasteiger partial charge is 0.391 e. The number of piperidine rings is 2. The van der Waals surface area contributed by atoms with Crippen molar-refractivity contribution < 1.29 is 29.4 Å². The van der Waals surface area contributed by atoms with Crippen LogP contribution in [0, 0.1) is 11.8 Å². The van der Waals surface area contributed by atoms with Crippen LogP contribution in [-0.4, -0.2) is 92.1 Å². The van der Waals surface area contributed by atoms with Crippen LogP contribution in [0.15, 0.2) is 0 Å². The third-order valence-corrected chi connectivity index (χ3v) is 7.20. The third-order valence-electron chi connectivity index (χ3n) is 7.20. The molecule has 0 aromatic rings. The second-order valence-electron chi connectivity index (χ2n) is 9.52. The van der Waals surface area contributed by atoms with Gasteiger partial charge in [-0.3, -0.25) is 19.2 Å². The molecule has 10 atom stereocenters. The highest BCUT2D eigenvalue weighted by Crippen LogP contribution is 2.52. The van der Waals surface area contributed by atoms with E-state index in [1.807, 2.05) is 0 Å². The molecule has 0 aromatic carbocycles. The fourth-order valence-electron chi connectivity index (χ4n) is 5.23. The molecule has 2 saturated heterocycles. The van der Waals surface area contributed by atoms with E-state index in [2.05, 4.69) is 5.32 Å². The van der Waals surface area contributed by atoms with Crippen LogP contribution in [0.1, 0.15) is 39.5 Å². The number of nitrogens with two attached hydrogens (primary N) is 2. The third kappa shape index (κ3) is 3.79. The first kappa shape index (κ1) is 22.0. The molecule has 4 rings (SSSR count). The number of carbonyl (C=O) groups excluding carboxylic acids is 4. The monoisotopic (exact) mass is 437 g/mol. The molecule has 4 fully saturated rings. The Morgan fingerprint density at radius 1 is 0.903 bits per heavy atom. The van der Waals surface area contributed by atoms with E-state index in [4.69, 9.17) is 11.5 Å². The lowest BCUT2D eigenvalue weighted by molar-refractivity contribution is -0.150. The summed E-state index contributed by atoms with van der Waals surface area (Å²) in [5.41, 5.74) is 11.1. The molecule has 7 N–H and O–H groups in total. The van der Waals surface area contributed by atoms with Crippen molar-refractivity contribution in [1.29, 1.82) is 0 Å². The topological polar surface area (TPSA) is 179 Å². The Morgan fingerprint density at radius 2 is 1.45 bits per heavy atom. The summed E-state index contributed by atoms with van der Waals surface area (Å²) in [4.78, 5) is 53.9. The minimum Gasteiger partial charge on any atom is -0.391 e. The van der Waals surface area contributed by atoms with Gasteiger partial charge in [0.1, 0.15) is 24.2 Å². The summed E-state index contributed by atoms with van der Waals surface area (Å²) in [5.74, 6) is -1.70. The average molecular weight is 437 g/mol. The highest BCUT2D eigenvalue weighted by molar-refractivity contribution is 5.96. The van der Waals surface area contributed by atoms with Crippen molar-refractivity contribution >= 4 is 23.6 Å². The number of rotatable bonds is 7. The van der Waals surface area contributed by atoms with Gasteiger partial charge >= 0.3 is 0 Å². The van der Waals surface area contributed by atoms with Gasteiger partial charge in [-0.15, -0.1) is 0 Å². The van der Waals surface area contributed by atoms with Gasteiger partial charge in [-0.05, 0) is 51.4 Å². The van der Waals surface area contributed by atoms with Gasteiger partial charge in [0.15, 0.2) is 0 Å². The average Bonchev–Trinajstić information content (AvgIpc) is 3.58. The van der Waals surface area contributed by atoms with Crippen molar-refractivity contribution in [2.45, 2.75) is 88.0 Å². The molecule has 2 heterocycles. The Labute approximate surface area is 180 Å². The minimum absolute atomic E-state index is 0.0504. The van der Waals surface area contributed by atoms with Crippen molar-refractivity contribution in [3.63, 3.8) is 0 Å². The molecule has 4 amide bonds. The van der Waals surface area contributed by atoms with Crippen molar-refractivity contribution in [1.82, 2.24) is 15.1 Å². The van der Waals surface area contributed by atoms with Crippen molar-refractivity contribution in [2.75, 3.05) is 0 Å². The molecule has 2 aliphatic carbocycles. The Bertz CT molecular complexity index is 803. The maximum atomic E-state index is 13.5. The first-order chi connectivity index (χ1) is 14.5. The van der Waals surface area contributed by atoms with Gasteiger partial charge in [0.2, 0.25) is 23.6 Å². The maximum Gasteiger partial charge on any atom is 0.246 e. The van der Waals surface area contributed by atoms with Crippen LogP contribution in [0.4, 0.5) is 0 Å². The number of fused-ring (bicyclic) bond motifs is 2. The zero-order valence-electron chi connectivity index (χ0n) is 17.7. The van der Waals surface area contributed by atoms with Gasteiger partial charge in [-0.25, -0.2) is 0 Å². The van der Waals surface area contributed by atoms with Gasteiger partial charge in [-0.1, -0.05) is 0 Å². The number of likely N-dealkylation sites (tertiary alicyclic amines) is 2. The molecular formula is C20H31N5O6. The highest BCUT2D eigenvalue weighted by atomic mass is 16.3. The van der Waals surface area contributed by atoms with Crippen LogP contribution in [0.2, 0.25) is 0 Å². The van der Waals surface area contributed by atoms with E-state index in [-0.39, 0.29) is 29.8 Å². The van der Waals surface area contributed by atoms with Gasteiger partial charge in [0, 0.05) is 12.1 Å². The number of aliphatic hydroxyl groups excluding tert-OH is 2. The highest BCUT2D eigenvalue weighted by Gasteiger charge is 2.62. The zero-order chi connectivity index (χ0) is 22.8. The molecule has 0 bridgehead atoms. The predicted octanol–water partition coefficient (Wildman–Crippen LogP) is -2.98. The number of carbonyl (C=O) groups is 4. The molecule has 31 heavy (non-hydrogen) atoms. The van der Waals surface area contributed by atoms with E-state index in [0.29, 0.717) is 12.8 Å². The Balaban J connectivity index is 1.51. The van der Waals surface area contributed by atoms with Crippen LogP contribution >= 0.6 is 0 Å². The zero-order valence-corrected chi connectivity index (χ0v) is 17.7. The summed E-state index contributed by atoms with van der Waals surface area (Å²) in [6.45, 7) is 2.79. The van der Waals surface area contributed by atoms with Crippen LogP contribution < -0.4 is 16.8 Å². The fraction of sp³-hybridized carbons (Fsp3) is 0.800. The molecule has 0 radical (unpaired) electrons. The number of nitrogens with one attached hydrogen (secondary N) is 1. The molecule has 11 nitrogen and oxygen atoms in total. The molecular weight excluding hydrogens is 406 g/mol. The number of aliphatic hydroxyl groups is 2. The lowest BCUT2D eigenvalue weighted by atomic mass is 10.1. The van der Waals surface area contributed by atoms with Gasteiger partial charge in [0.25, 0.3) is 0 Å². The van der Waals surface area contributed by atoms with E-state index in [9.17, 15) is 29.4 Å². The SMILES string of the molecule is C[C@@H](O)[C@H](N)C(=O)N1[C@H](C(=O)N2[C@H](C(=O)N[C@H](C(N)=O)[C@@H](C)O)C[C@@H]3C[C@@H]32)C[C@@H]2C[C@@H]21. The number of primary amides is 1. The molecule has 0 unspecified atom stereocenters. The Morgan fingerprint density at radius 3 is 1.97 bits per heavy atom. The van der Waals surface area contributed by atoms with Crippen molar-refractivity contribution in [3.05, 3.63) is 0 Å². The number of amides is 4. The first-order valence-electron chi connectivity index (χ1n) is 10.9. The van der Waals surface area contributed by atoms with E-state index < -0.39 is 54.1 Å². The second-order valence-corrected chi connectivity index (χ2v) is 9.52. The van der Waals surface area contributed by atoms with Gasteiger partial charge in [-0.2, -0.15) is 0 Å². The van der Waals surface area contributed by atoms with Crippen LogP contribution in [0.3, 0.4) is 0 Å². The van der Waals surface area contributed by atoms with Crippen LogP contribution in [-0.2, 0) is 19.2 Å². The van der Waals surface area contributed by atoms with Crippen LogP contribution in [0.5, 0.6) is 0 Å².